The minimum Gasteiger partial charge on any atom is -0.444 e. The van der Waals surface area contributed by atoms with Gasteiger partial charge in [-0.25, -0.2) is 9.78 Å². The van der Waals surface area contributed by atoms with Crippen molar-refractivity contribution in [3.05, 3.63) is 24.3 Å². The van der Waals surface area contributed by atoms with Gasteiger partial charge in [0.2, 0.25) is 0 Å². The highest BCUT2D eigenvalue weighted by Crippen LogP contribution is 2.18. The Morgan fingerprint density at radius 1 is 1.38 bits per heavy atom. The van der Waals surface area contributed by atoms with Gasteiger partial charge >= 0.3 is 6.09 Å². The molecule has 1 atom stereocenters. The van der Waals surface area contributed by atoms with E-state index in [1.165, 1.54) is 12.4 Å². The van der Waals surface area contributed by atoms with Gasteiger partial charge in [-0.2, -0.15) is 0 Å². The quantitative estimate of drug-likeness (QED) is 0.784. The van der Waals surface area contributed by atoms with E-state index in [9.17, 15) is 9.59 Å². The predicted molar refractivity (Wildman–Crippen MR) is 89.8 cm³/mol. The molecule has 1 amide bonds. The molecule has 1 aliphatic rings. The van der Waals surface area contributed by atoms with Crippen molar-refractivity contribution in [1.29, 1.82) is 0 Å². The van der Waals surface area contributed by atoms with E-state index in [4.69, 9.17) is 4.74 Å². The molecule has 7 heteroatoms. The molecule has 0 N–H and O–H groups in total. The number of hydrogen-bond acceptors (Lipinski definition) is 6. The lowest BCUT2D eigenvalue weighted by Gasteiger charge is -2.37. The van der Waals surface area contributed by atoms with E-state index in [0.717, 1.165) is 12.8 Å². The van der Waals surface area contributed by atoms with Crippen LogP contribution in [-0.4, -0.2) is 70.0 Å². The minimum atomic E-state index is -0.502. The molecule has 0 aliphatic carbocycles. The Balaban J connectivity index is 1.91. The first-order valence-corrected chi connectivity index (χ1v) is 8.23. The predicted octanol–water partition coefficient (Wildman–Crippen LogP) is 1.99. The highest BCUT2D eigenvalue weighted by Gasteiger charge is 2.30. The van der Waals surface area contributed by atoms with Crippen LogP contribution >= 0.6 is 0 Å². The minimum absolute atomic E-state index is 0.0695. The first kappa shape index (κ1) is 18.3. The van der Waals surface area contributed by atoms with Gasteiger partial charge in [-0.15, -0.1) is 0 Å². The van der Waals surface area contributed by atoms with Crippen LogP contribution in [0.15, 0.2) is 18.6 Å². The van der Waals surface area contributed by atoms with Gasteiger partial charge in [0, 0.05) is 31.5 Å². The third kappa shape index (κ3) is 5.26. The molecule has 1 aromatic heterocycles. The summed E-state index contributed by atoms with van der Waals surface area (Å²) in [6.45, 7) is 7.09. The van der Waals surface area contributed by atoms with Gasteiger partial charge < -0.3 is 9.64 Å². The smallest absolute Gasteiger partial charge is 0.410 e. The van der Waals surface area contributed by atoms with Gasteiger partial charge in [0.1, 0.15) is 11.3 Å². The largest absolute Gasteiger partial charge is 0.444 e. The zero-order valence-corrected chi connectivity index (χ0v) is 14.9. The topological polar surface area (TPSA) is 75.6 Å². The molecule has 0 radical (unpaired) electrons. The van der Waals surface area contributed by atoms with Gasteiger partial charge in [0.05, 0.1) is 12.7 Å². The molecule has 1 fully saturated rings. The van der Waals surface area contributed by atoms with Gasteiger partial charge in [-0.1, -0.05) is 0 Å². The number of piperidine rings is 1. The van der Waals surface area contributed by atoms with Crippen molar-refractivity contribution in [3.8, 4) is 0 Å². The first-order chi connectivity index (χ1) is 11.3. The number of ether oxygens (including phenoxy) is 1. The zero-order valence-electron chi connectivity index (χ0n) is 14.9. The second-order valence-electron chi connectivity index (χ2n) is 7.15. The van der Waals surface area contributed by atoms with Crippen LogP contribution in [0.4, 0.5) is 4.79 Å². The lowest BCUT2D eigenvalue weighted by molar-refractivity contribution is 0.0129. The number of carbonyl (C=O) groups is 2. The Labute approximate surface area is 143 Å². The Bertz CT molecular complexity index is 571. The summed E-state index contributed by atoms with van der Waals surface area (Å²) < 4.78 is 5.44. The average molecular weight is 334 g/mol. The monoisotopic (exact) mass is 334 g/mol. The molecule has 2 rings (SSSR count). The fourth-order valence-corrected chi connectivity index (χ4v) is 2.69. The normalized spacial score (nSPS) is 18.5. The van der Waals surface area contributed by atoms with Gasteiger partial charge in [-0.05, 0) is 40.7 Å². The third-order valence-electron chi connectivity index (χ3n) is 3.91. The molecule has 0 aromatic carbocycles. The molecule has 132 valence electrons. The number of amides is 1. The molecule has 0 spiro atoms. The maximum atomic E-state index is 12.3. The van der Waals surface area contributed by atoms with Crippen molar-refractivity contribution in [1.82, 2.24) is 19.8 Å². The molecule has 0 bridgehead atoms. The second-order valence-corrected chi connectivity index (χ2v) is 7.15. The Hall–Kier alpha value is -2.02. The van der Waals surface area contributed by atoms with E-state index in [1.807, 2.05) is 32.7 Å². The summed E-state index contributed by atoms with van der Waals surface area (Å²) in [4.78, 5) is 36.1. The summed E-state index contributed by atoms with van der Waals surface area (Å²) in [6.07, 6.45) is 6.08. The molecule has 2 heterocycles. The molecular weight excluding hydrogens is 308 g/mol. The van der Waals surface area contributed by atoms with Gasteiger partial charge in [0.25, 0.3) is 0 Å². The Kier molecular flexibility index (Phi) is 5.88. The number of likely N-dealkylation sites (tertiary alicyclic amines) is 1. The summed E-state index contributed by atoms with van der Waals surface area (Å²) in [5, 5.41) is 0. The van der Waals surface area contributed by atoms with Crippen molar-refractivity contribution in [2.75, 3.05) is 26.7 Å². The van der Waals surface area contributed by atoms with Crippen molar-refractivity contribution in [2.24, 2.45) is 0 Å². The van der Waals surface area contributed by atoms with Crippen LogP contribution in [0.5, 0.6) is 0 Å². The fraction of sp³-hybridized carbons (Fsp3) is 0.647. The first-order valence-electron chi connectivity index (χ1n) is 8.23. The second kappa shape index (κ2) is 7.70. The molecule has 7 nitrogen and oxygen atoms in total. The van der Waals surface area contributed by atoms with Crippen molar-refractivity contribution < 1.29 is 14.3 Å². The summed E-state index contributed by atoms with van der Waals surface area (Å²) in [5.41, 5.74) is -0.137. The number of Topliss-reactive ketones (excluding diaryl/α,β-unsaturated/α-hetero) is 1. The maximum absolute atomic E-state index is 12.3. The van der Waals surface area contributed by atoms with E-state index < -0.39 is 5.60 Å². The third-order valence-corrected chi connectivity index (χ3v) is 3.91. The highest BCUT2D eigenvalue weighted by atomic mass is 16.6. The van der Waals surface area contributed by atoms with Crippen molar-refractivity contribution >= 4 is 11.9 Å². The van der Waals surface area contributed by atoms with Crippen LogP contribution in [0.25, 0.3) is 0 Å². The molecule has 1 saturated heterocycles. The molecule has 0 saturated carbocycles. The molecule has 1 aliphatic heterocycles. The number of hydrogen-bond donors (Lipinski definition) is 0. The van der Waals surface area contributed by atoms with E-state index in [2.05, 4.69) is 9.97 Å². The van der Waals surface area contributed by atoms with E-state index >= 15 is 0 Å². The van der Waals surface area contributed by atoms with Crippen LogP contribution in [0.2, 0.25) is 0 Å². The average Bonchev–Trinajstić information content (AvgIpc) is 2.54. The molecule has 1 aromatic rings. The van der Waals surface area contributed by atoms with Crippen LogP contribution < -0.4 is 0 Å². The summed E-state index contributed by atoms with van der Waals surface area (Å²) in [7, 11) is 1.90. The summed E-state index contributed by atoms with van der Waals surface area (Å²) in [5.74, 6) is -0.0695. The van der Waals surface area contributed by atoms with Gasteiger partial charge in [0.15, 0.2) is 5.78 Å². The van der Waals surface area contributed by atoms with Crippen molar-refractivity contribution in [2.45, 2.75) is 45.3 Å². The van der Waals surface area contributed by atoms with E-state index in [-0.39, 0.29) is 24.5 Å². The number of nitrogens with zero attached hydrogens (tertiary/aromatic N) is 4. The Morgan fingerprint density at radius 3 is 2.75 bits per heavy atom. The number of aromatic nitrogens is 2. The standard InChI is InChI=1S/C17H26N4O3/c1-17(2,3)24-16(23)21-9-5-6-13(11-21)20(4)12-15(22)14-10-18-7-8-19-14/h7-8,10,13H,5-6,9,11-12H2,1-4H3/t13-/m1/s1. The summed E-state index contributed by atoms with van der Waals surface area (Å²) >= 11 is 0. The summed E-state index contributed by atoms with van der Waals surface area (Å²) in [6, 6.07) is 0.131. The van der Waals surface area contributed by atoms with Crippen molar-refractivity contribution in [3.63, 3.8) is 0 Å². The number of rotatable bonds is 4. The maximum Gasteiger partial charge on any atom is 0.410 e. The van der Waals surface area contributed by atoms with Crippen LogP contribution in [-0.2, 0) is 4.74 Å². The number of ketones is 1. The highest BCUT2D eigenvalue weighted by molar-refractivity contribution is 5.95. The molecule has 0 unspecified atom stereocenters. The number of likely N-dealkylation sites (N-methyl/N-ethyl adjacent to an activating group) is 1. The molecule has 24 heavy (non-hydrogen) atoms. The zero-order chi connectivity index (χ0) is 17.7. The van der Waals surface area contributed by atoms with E-state index in [1.54, 1.807) is 11.1 Å². The van der Waals surface area contributed by atoms with E-state index in [0.29, 0.717) is 18.8 Å². The Morgan fingerprint density at radius 2 is 2.12 bits per heavy atom. The van der Waals surface area contributed by atoms with Crippen LogP contribution in [0.1, 0.15) is 44.1 Å². The SMILES string of the molecule is CN(CC(=O)c1cnccn1)[C@@H]1CCCN(C(=O)OC(C)(C)C)C1. The van der Waals surface area contributed by atoms with Crippen LogP contribution in [0.3, 0.4) is 0 Å². The lowest BCUT2D eigenvalue weighted by atomic mass is 10.0. The van der Waals surface area contributed by atoms with Crippen LogP contribution in [0, 0.1) is 0 Å². The number of carbonyl (C=O) groups excluding carboxylic acids is 2. The fourth-order valence-electron chi connectivity index (χ4n) is 2.69. The lowest BCUT2D eigenvalue weighted by Crippen LogP contribution is -2.50. The molecular formula is C17H26N4O3. The van der Waals surface area contributed by atoms with Gasteiger partial charge in [-0.3, -0.25) is 14.7 Å².